The van der Waals surface area contributed by atoms with E-state index in [9.17, 15) is 19.5 Å². The van der Waals surface area contributed by atoms with Gasteiger partial charge >= 0.3 is 5.97 Å². The summed E-state index contributed by atoms with van der Waals surface area (Å²) in [5, 5.41) is 13.1. The highest BCUT2D eigenvalue weighted by molar-refractivity contribution is 8.02. The van der Waals surface area contributed by atoms with Gasteiger partial charge in [0.25, 0.3) is 0 Å². The Morgan fingerprint density at radius 1 is 1.33 bits per heavy atom. The Labute approximate surface area is 199 Å². The molecular formula is C25H34N2O5S. The van der Waals surface area contributed by atoms with E-state index in [0.29, 0.717) is 6.42 Å². The second-order valence-electron chi connectivity index (χ2n) is 9.60. The van der Waals surface area contributed by atoms with Gasteiger partial charge < -0.3 is 20.1 Å². The van der Waals surface area contributed by atoms with Crippen molar-refractivity contribution in [3.8, 4) is 0 Å². The number of hydrogen-bond acceptors (Lipinski definition) is 6. The fourth-order valence-electron chi connectivity index (χ4n) is 6.14. The molecule has 7 nitrogen and oxygen atoms in total. The van der Waals surface area contributed by atoms with Gasteiger partial charge in [-0.05, 0) is 56.7 Å². The van der Waals surface area contributed by atoms with Crippen LogP contribution in [-0.4, -0.2) is 63.1 Å². The molecule has 33 heavy (non-hydrogen) atoms. The number of rotatable bonds is 7. The van der Waals surface area contributed by atoms with E-state index in [1.54, 1.807) is 23.6 Å². The van der Waals surface area contributed by atoms with Gasteiger partial charge in [0.2, 0.25) is 11.8 Å². The van der Waals surface area contributed by atoms with Gasteiger partial charge in [-0.3, -0.25) is 14.4 Å². The van der Waals surface area contributed by atoms with E-state index in [1.165, 1.54) is 0 Å². The van der Waals surface area contributed by atoms with Crippen molar-refractivity contribution >= 4 is 35.2 Å². The van der Waals surface area contributed by atoms with E-state index in [2.05, 4.69) is 12.2 Å². The van der Waals surface area contributed by atoms with Crippen molar-refractivity contribution < 1.29 is 24.2 Å². The van der Waals surface area contributed by atoms with Gasteiger partial charge in [-0.2, -0.15) is 0 Å². The Kier molecular flexibility index (Phi) is 6.53. The Morgan fingerprint density at radius 2 is 2.06 bits per heavy atom. The van der Waals surface area contributed by atoms with Crippen molar-refractivity contribution in [3.05, 3.63) is 29.3 Å². The maximum atomic E-state index is 13.9. The zero-order valence-electron chi connectivity index (χ0n) is 20.0. The Morgan fingerprint density at radius 3 is 2.70 bits per heavy atom. The van der Waals surface area contributed by atoms with E-state index in [1.807, 2.05) is 39.0 Å². The molecule has 3 unspecified atom stereocenters. The maximum absolute atomic E-state index is 13.9. The summed E-state index contributed by atoms with van der Waals surface area (Å²) in [4.78, 5) is 42.3. The topological polar surface area (TPSA) is 95.9 Å². The summed E-state index contributed by atoms with van der Waals surface area (Å²) >= 11 is 1.61. The van der Waals surface area contributed by atoms with Crippen molar-refractivity contribution in [2.75, 3.05) is 18.5 Å². The quantitative estimate of drug-likeness (QED) is 0.590. The van der Waals surface area contributed by atoms with Gasteiger partial charge in [0.05, 0.1) is 35.8 Å². The van der Waals surface area contributed by atoms with Crippen LogP contribution in [0.5, 0.6) is 0 Å². The van der Waals surface area contributed by atoms with Crippen molar-refractivity contribution in [2.45, 2.75) is 69.5 Å². The van der Waals surface area contributed by atoms with Crippen LogP contribution in [0.4, 0.5) is 5.69 Å². The minimum Gasteiger partial charge on any atom is -0.466 e. The molecule has 3 aliphatic heterocycles. The van der Waals surface area contributed by atoms with E-state index in [0.717, 1.165) is 23.2 Å². The number of nitrogens with one attached hydrogen (secondary N) is 1. The summed E-state index contributed by atoms with van der Waals surface area (Å²) in [5.41, 5.74) is 2.69. The van der Waals surface area contributed by atoms with E-state index < -0.39 is 28.7 Å². The normalized spacial score (nSPS) is 33.2. The number of esters is 1. The summed E-state index contributed by atoms with van der Waals surface area (Å²) in [7, 11) is 0. The van der Waals surface area contributed by atoms with Gasteiger partial charge in [-0.1, -0.05) is 26.0 Å². The zero-order chi connectivity index (χ0) is 24.1. The minimum absolute atomic E-state index is 0.0413. The average Bonchev–Trinajstić information content (AvgIpc) is 3.36. The monoisotopic (exact) mass is 474 g/mol. The molecule has 2 N–H and O–H groups in total. The largest absolute Gasteiger partial charge is 0.466 e. The highest BCUT2D eigenvalue weighted by atomic mass is 32.2. The first-order valence-corrected chi connectivity index (χ1v) is 12.7. The number of carbonyl (C=O) groups is 3. The van der Waals surface area contributed by atoms with Crippen LogP contribution < -0.4 is 5.32 Å². The third-order valence-corrected chi connectivity index (χ3v) is 9.79. The molecule has 0 saturated carbocycles. The number of likely N-dealkylation sites (tertiary alicyclic amines) is 1. The van der Waals surface area contributed by atoms with Crippen LogP contribution in [0.25, 0.3) is 0 Å². The molecule has 8 heteroatoms. The molecule has 7 atom stereocenters. The van der Waals surface area contributed by atoms with Crippen molar-refractivity contribution in [1.82, 2.24) is 4.90 Å². The number of aliphatic hydroxyl groups excluding tert-OH is 1. The molecule has 3 fully saturated rings. The van der Waals surface area contributed by atoms with Crippen LogP contribution in [0.3, 0.4) is 0 Å². The van der Waals surface area contributed by atoms with Crippen LogP contribution in [0.15, 0.2) is 18.2 Å². The number of aliphatic hydroxyl groups is 1. The molecule has 0 aromatic heterocycles. The molecule has 3 saturated heterocycles. The molecule has 0 aliphatic carbocycles. The van der Waals surface area contributed by atoms with Gasteiger partial charge in [-0.25, -0.2) is 0 Å². The van der Waals surface area contributed by atoms with E-state index >= 15 is 0 Å². The van der Waals surface area contributed by atoms with Gasteiger partial charge in [-0.15, -0.1) is 11.8 Å². The SMILES string of the molecule is CCOC(=O)[C@@H]1[C@H]2C(=O)N([C@@H](CC)CO)C(C(=O)Nc3cc(C)ccc3C)C23S[C@@H]1CC3C. The third-order valence-electron chi connectivity index (χ3n) is 7.72. The first kappa shape index (κ1) is 24.1. The summed E-state index contributed by atoms with van der Waals surface area (Å²) in [6, 6.07) is 4.63. The minimum atomic E-state index is -0.767. The van der Waals surface area contributed by atoms with Gasteiger partial charge in [0, 0.05) is 10.9 Å². The number of carbonyl (C=O) groups excluding carboxylic acids is 3. The summed E-state index contributed by atoms with van der Waals surface area (Å²) in [6.45, 7) is 9.67. The zero-order valence-corrected chi connectivity index (χ0v) is 20.8. The smallest absolute Gasteiger partial charge is 0.310 e. The molecule has 0 radical (unpaired) electrons. The van der Waals surface area contributed by atoms with Crippen LogP contribution in [0.2, 0.25) is 0 Å². The fourth-order valence-corrected chi connectivity index (χ4v) is 8.54. The third kappa shape index (κ3) is 3.57. The lowest BCUT2D eigenvalue weighted by Gasteiger charge is -2.40. The number of hydrogen-bond donors (Lipinski definition) is 2. The Balaban J connectivity index is 1.79. The van der Waals surface area contributed by atoms with Crippen LogP contribution in [0.1, 0.15) is 44.7 Å². The summed E-state index contributed by atoms with van der Waals surface area (Å²) < 4.78 is 4.64. The predicted molar refractivity (Wildman–Crippen MR) is 128 cm³/mol. The number of anilines is 1. The highest BCUT2D eigenvalue weighted by Gasteiger charge is 2.76. The number of fused-ring (bicyclic) bond motifs is 1. The highest BCUT2D eigenvalue weighted by Crippen LogP contribution is 2.69. The number of thioether (sulfide) groups is 1. The number of aryl methyl sites for hydroxylation is 2. The second-order valence-corrected chi connectivity index (χ2v) is 11.2. The lowest BCUT2D eigenvalue weighted by Crippen LogP contribution is -2.56. The average molecular weight is 475 g/mol. The van der Waals surface area contributed by atoms with Crippen LogP contribution in [0, 0.1) is 31.6 Å². The van der Waals surface area contributed by atoms with Crippen molar-refractivity contribution in [2.24, 2.45) is 17.8 Å². The first-order valence-electron chi connectivity index (χ1n) is 11.9. The molecule has 1 spiro atoms. The van der Waals surface area contributed by atoms with E-state index in [4.69, 9.17) is 4.74 Å². The molecule has 2 amide bonds. The molecule has 4 rings (SSSR count). The lowest BCUT2D eigenvalue weighted by atomic mass is 9.66. The number of ether oxygens (including phenoxy) is 1. The number of nitrogens with zero attached hydrogens (tertiary/aromatic N) is 1. The van der Waals surface area contributed by atoms with Crippen molar-refractivity contribution in [3.63, 3.8) is 0 Å². The summed E-state index contributed by atoms with van der Waals surface area (Å²) in [6.07, 6.45) is 1.28. The second kappa shape index (κ2) is 8.95. The molecule has 3 aliphatic rings. The maximum Gasteiger partial charge on any atom is 0.310 e. The first-order chi connectivity index (χ1) is 15.7. The molecule has 2 bridgehead atoms. The fraction of sp³-hybridized carbons (Fsp3) is 0.640. The molecule has 1 aromatic rings. The summed E-state index contributed by atoms with van der Waals surface area (Å²) in [5.74, 6) is -1.92. The van der Waals surface area contributed by atoms with Gasteiger partial charge in [0.15, 0.2) is 0 Å². The standard InChI is InChI=1S/C25H34N2O5S/c1-6-16(12-28)27-21(22(29)26-17-10-13(3)8-9-14(17)4)25-15(5)11-18(33-25)19(20(25)23(27)30)24(31)32-7-2/h8-10,15-16,18-21,28H,6-7,11-12H2,1-5H3,(H,26,29)/t15?,16-,18+,19-,20-,21?,25?/m0/s1. The molecule has 180 valence electrons. The van der Waals surface area contributed by atoms with Gasteiger partial charge in [0.1, 0.15) is 6.04 Å². The predicted octanol–water partition coefficient (Wildman–Crippen LogP) is 2.91. The number of benzene rings is 1. The van der Waals surface area contributed by atoms with E-state index in [-0.39, 0.29) is 42.2 Å². The van der Waals surface area contributed by atoms with Crippen LogP contribution >= 0.6 is 11.8 Å². The molecule has 1 aromatic carbocycles. The number of amides is 2. The van der Waals surface area contributed by atoms with Crippen LogP contribution in [-0.2, 0) is 19.1 Å². The molecule has 3 heterocycles. The molecular weight excluding hydrogens is 440 g/mol. The Bertz CT molecular complexity index is 964. The van der Waals surface area contributed by atoms with Crippen molar-refractivity contribution in [1.29, 1.82) is 0 Å². The lowest BCUT2D eigenvalue weighted by molar-refractivity contribution is -0.154. The Hall–Kier alpha value is -2.06.